The highest BCUT2D eigenvalue weighted by atomic mass is 15.2. The highest BCUT2D eigenvalue weighted by Gasteiger charge is 2.34. The van der Waals surface area contributed by atoms with E-state index < -0.39 is 0 Å². The van der Waals surface area contributed by atoms with Gasteiger partial charge in [-0.25, -0.2) is 0 Å². The number of aromatic nitrogens is 1. The van der Waals surface area contributed by atoms with Gasteiger partial charge in [0.1, 0.15) is 0 Å². The molecule has 20 heavy (non-hydrogen) atoms. The van der Waals surface area contributed by atoms with E-state index in [2.05, 4.69) is 68.1 Å². The summed E-state index contributed by atoms with van der Waals surface area (Å²) >= 11 is 0. The van der Waals surface area contributed by atoms with Crippen LogP contribution >= 0.6 is 0 Å². The van der Waals surface area contributed by atoms with Gasteiger partial charge < -0.3 is 5.32 Å². The first-order valence-corrected chi connectivity index (χ1v) is 7.73. The van der Waals surface area contributed by atoms with Crippen LogP contribution in [0.25, 0.3) is 0 Å². The van der Waals surface area contributed by atoms with Crippen molar-refractivity contribution in [1.82, 2.24) is 15.2 Å². The average molecular weight is 275 g/mol. The van der Waals surface area contributed by atoms with E-state index in [4.69, 9.17) is 0 Å². The molecule has 0 aromatic carbocycles. The van der Waals surface area contributed by atoms with Crippen LogP contribution in [0.2, 0.25) is 0 Å². The molecule has 1 aromatic rings. The standard InChI is InChI=1S/C17H29N3/c1-13-7-6-8-15(19-13)12-20(5)16-10-9-14(16)11-18-17(2,3)4/h6-8,14,16,18H,9-12H2,1-5H3. The zero-order valence-electron chi connectivity index (χ0n) is 13.6. The lowest BCUT2D eigenvalue weighted by Gasteiger charge is -2.44. The Labute approximate surface area is 123 Å². The van der Waals surface area contributed by atoms with Crippen LogP contribution in [0.5, 0.6) is 0 Å². The smallest absolute Gasteiger partial charge is 0.0547 e. The second-order valence-electron chi connectivity index (χ2n) is 7.22. The van der Waals surface area contributed by atoms with Gasteiger partial charge in [-0.3, -0.25) is 9.88 Å². The van der Waals surface area contributed by atoms with Crippen molar-refractivity contribution >= 4 is 0 Å². The van der Waals surface area contributed by atoms with Crippen LogP contribution in [-0.2, 0) is 6.54 Å². The minimum Gasteiger partial charge on any atom is -0.312 e. The van der Waals surface area contributed by atoms with Crippen LogP contribution < -0.4 is 5.32 Å². The molecule has 3 heteroatoms. The molecule has 0 aliphatic heterocycles. The maximum atomic E-state index is 4.61. The highest BCUT2D eigenvalue weighted by molar-refractivity contribution is 5.10. The van der Waals surface area contributed by atoms with Crippen LogP contribution in [-0.4, -0.2) is 35.1 Å². The number of nitrogens with zero attached hydrogens (tertiary/aromatic N) is 2. The van der Waals surface area contributed by atoms with Gasteiger partial charge in [0.25, 0.3) is 0 Å². The quantitative estimate of drug-likeness (QED) is 0.895. The monoisotopic (exact) mass is 275 g/mol. The molecule has 1 aliphatic carbocycles. The molecule has 0 saturated heterocycles. The maximum Gasteiger partial charge on any atom is 0.0547 e. The number of hydrogen-bond acceptors (Lipinski definition) is 3. The van der Waals surface area contributed by atoms with E-state index in [1.807, 2.05) is 0 Å². The summed E-state index contributed by atoms with van der Waals surface area (Å²) in [6.07, 6.45) is 2.66. The fourth-order valence-electron chi connectivity index (χ4n) is 2.87. The minimum absolute atomic E-state index is 0.219. The van der Waals surface area contributed by atoms with Crippen LogP contribution in [0.1, 0.15) is 45.0 Å². The predicted octanol–water partition coefficient (Wildman–Crippen LogP) is 2.99. The molecule has 1 heterocycles. The number of nitrogens with one attached hydrogen (secondary N) is 1. The van der Waals surface area contributed by atoms with E-state index in [1.165, 1.54) is 18.5 Å². The van der Waals surface area contributed by atoms with Gasteiger partial charge >= 0.3 is 0 Å². The molecular formula is C17H29N3. The lowest BCUT2D eigenvalue weighted by Crippen LogP contribution is -2.51. The summed E-state index contributed by atoms with van der Waals surface area (Å²) in [5.74, 6) is 0.782. The molecule has 0 bridgehead atoms. The summed E-state index contributed by atoms with van der Waals surface area (Å²) in [6, 6.07) is 6.99. The molecule has 3 nitrogen and oxygen atoms in total. The fraction of sp³-hybridized carbons (Fsp3) is 0.706. The molecule has 1 aliphatic rings. The average Bonchev–Trinajstić information content (AvgIpc) is 2.25. The van der Waals surface area contributed by atoms with Crippen LogP contribution in [0.3, 0.4) is 0 Å². The van der Waals surface area contributed by atoms with Crippen LogP contribution in [0.15, 0.2) is 18.2 Å². The molecule has 1 saturated carbocycles. The predicted molar refractivity (Wildman–Crippen MR) is 84.7 cm³/mol. The van der Waals surface area contributed by atoms with Crippen molar-refractivity contribution < 1.29 is 0 Å². The first-order chi connectivity index (χ1) is 9.35. The Hall–Kier alpha value is -0.930. The van der Waals surface area contributed by atoms with E-state index in [9.17, 15) is 0 Å². The van der Waals surface area contributed by atoms with Crippen molar-refractivity contribution in [2.45, 2.75) is 58.7 Å². The molecular weight excluding hydrogens is 246 g/mol. The first kappa shape index (κ1) is 15.5. The lowest BCUT2D eigenvalue weighted by atomic mass is 9.78. The summed E-state index contributed by atoms with van der Waals surface area (Å²) < 4.78 is 0. The van der Waals surface area contributed by atoms with Crippen molar-refractivity contribution in [3.05, 3.63) is 29.6 Å². The van der Waals surface area contributed by atoms with E-state index in [1.54, 1.807) is 0 Å². The topological polar surface area (TPSA) is 28.2 Å². The fourth-order valence-corrected chi connectivity index (χ4v) is 2.87. The molecule has 112 valence electrons. The van der Waals surface area contributed by atoms with Gasteiger partial charge in [-0.1, -0.05) is 6.07 Å². The third-order valence-electron chi connectivity index (χ3n) is 4.20. The number of rotatable bonds is 5. The Balaban J connectivity index is 1.85. The Kier molecular flexibility index (Phi) is 4.82. The Morgan fingerprint density at radius 1 is 1.30 bits per heavy atom. The van der Waals surface area contributed by atoms with Gasteiger partial charge in [0.05, 0.1) is 5.69 Å². The normalized spacial score (nSPS) is 22.9. The molecule has 1 fully saturated rings. The van der Waals surface area contributed by atoms with Gasteiger partial charge in [-0.15, -0.1) is 0 Å². The summed E-state index contributed by atoms with van der Waals surface area (Å²) in [5, 5.41) is 3.64. The second kappa shape index (κ2) is 6.23. The van der Waals surface area contributed by atoms with Gasteiger partial charge in [-0.2, -0.15) is 0 Å². The number of aryl methyl sites for hydroxylation is 1. The lowest BCUT2D eigenvalue weighted by molar-refractivity contribution is 0.0728. The molecule has 1 N–H and O–H groups in total. The molecule has 2 unspecified atom stereocenters. The van der Waals surface area contributed by atoms with Gasteiger partial charge in [-0.05, 0) is 72.2 Å². The van der Waals surface area contributed by atoms with Crippen molar-refractivity contribution in [1.29, 1.82) is 0 Å². The Morgan fingerprint density at radius 2 is 2.05 bits per heavy atom. The Morgan fingerprint density at radius 3 is 2.60 bits per heavy atom. The zero-order valence-corrected chi connectivity index (χ0v) is 13.6. The van der Waals surface area contributed by atoms with Gasteiger partial charge in [0.15, 0.2) is 0 Å². The van der Waals surface area contributed by atoms with Crippen molar-refractivity contribution in [3.63, 3.8) is 0 Å². The third-order valence-corrected chi connectivity index (χ3v) is 4.20. The van der Waals surface area contributed by atoms with Gasteiger partial charge in [0.2, 0.25) is 0 Å². The number of pyridine rings is 1. The molecule has 2 atom stereocenters. The van der Waals surface area contributed by atoms with E-state index in [0.717, 1.165) is 24.7 Å². The molecule has 2 rings (SSSR count). The summed E-state index contributed by atoms with van der Waals surface area (Å²) in [5.41, 5.74) is 2.51. The van der Waals surface area contributed by atoms with Crippen molar-refractivity contribution in [3.8, 4) is 0 Å². The van der Waals surface area contributed by atoms with Crippen molar-refractivity contribution in [2.75, 3.05) is 13.6 Å². The SMILES string of the molecule is Cc1cccc(CN(C)C2CCC2CNC(C)(C)C)n1. The van der Waals surface area contributed by atoms with Gasteiger partial charge in [0, 0.05) is 23.8 Å². The van der Waals surface area contributed by atoms with E-state index in [0.29, 0.717) is 6.04 Å². The largest absolute Gasteiger partial charge is 0.312 e. The summed E-state index contributed by atoms with van der Waals surface area (Å²) in [7, 11) is 2.23. The molecule has 0 radical (unpaired) electrons. The second-order valence-corrected chi connectivity index (χ2v) is 7.22. The summed E-state index contributed by atoms with van der Waals surface area (Å²) in [4.78, 5) is 7.08. The van der Waals surface area contributed by atoms with Crippen LogP contribution in [0.4, 0.5) is 0 Å². The van der Waals surface area contributed by atoms with E-state index >= 15 is 0 Å². The van der Waals surface area contributed by atoms with Crippen molar-refractivity contribution in [2.24, 2.45) is 5.92 Å². The maximum absolute atomic E-state index is 4.61. The molecule has 1 aromatic heterocycles. The van der Waals surface area contributed by atoms with Crippen LogP contribution in [0, 0.1) is 12.8 Å². The Bertz CT molecular complexity index is 436. The minimum atomic E-state index is 0.219. The molecule has 0 amide bonds. The summed E-state index contributed by atoms with van der Waals surface area (Å²) in [6.45, 7) is 10.9. The van der Waals surface area contributed by atoms with E-state index in [-0.39, 0.29) is 5.54 Å². The third kappa shape index (κ3) is 4.29. The number of hydrogen-bond donors (Lipinski definition) is 1. The highest BCUT2D eigenvalue weighted by Crippen LogP contribution is 2.32. The first-order valence-electron chi connectivity index (χ1n) is 7.73. The molecule has 0 spiro atoms. The zero-order chi connectivity index (χ0) is 14.8.